The molecule has 4 rings (SSSR count). The Balaban J connectivity index is 1.40. The number of hydrogen-bond donors (Lipinski definition) is 4. The summed E-state index contributed by atoms with van der Waals surface area (Å²) in [6.07, 6.45) is 0.140. The van der Waals surface area contributed by atoms with Crippen LogP contribution >= 0.6 is 0 Å². The zero-order chi connectivity index (χ0) is 31.1. The highest BCUT2D eigenvalue weighted by Crippen LogP contribution is 2.35. The highest BCUT2D eigenvalue weighted by Gasteiger charge is 2.32. The zero-order valence-electron chi connectivity index (χ0n) is 23.9. The number of aryl methyl sites for hydroxylation is 1. The van der Waals surface area contributed by atoms with Crippen molar-refractivity contribution in [1.29, 1.82) is 0 Å². The number of nitro benzene ring substituents is 1. The topological polar surface area (TPSA) is 187 Å². The van der Waals surface area contributed by atoms with Gasteiger partial charge in [-0.1, -0.05) is 12.1 Å². The Morgan fingerprint density at radius 1 is 1.19 bits per heavy atom. The van der Waals surface area contributed by atoms with Crippen molar-refractivity contribution in [1.82, 2.24) is 16.1 Å². The number of aliphatic hydroxyl groups is 1. The molecule has 4 N–H and O–H groups in total. The molecule has 1 aliphatic rings. The van der Waals surface area contributed by atoms with E-state index in [0.717, 1.165) is 5.56 Å². The fourth-order valence-electron chi connectivity index (χ4n) is 4.37. The average Bonchev–Trinajstić information content (AvgIpc) is 3.44. The highest BCUT2D eigenvalue weighted by molar-refractivity contribution is 5.95. The van der Waals surface area contributed by atoms with E-state index < -0.39 is 29.2 Å². The summed E-state index contributed by atoms with van der Waals surface area (Å²) < 4.78 is 22.1. The lowest BCUT2D eigenvalue weighted by Crippen LogP contribution is -2.45. The van der Waals surface area contributed by atoms with Crippen LogP contribution < -0.4 is 25.5 Å². The van der Waals surface area contributed by atoms with Crippen LogP contribution in [-0.4, -0.2) is 54.8 Å². The highest BCUT2D eigenvalue weighted by atomic mass is 16.6. The number of methoxy groups -OCH3 is 1. The number of aliphatic hydroxyl groups excluding tert-OH is 1. The van der Waals surface area contributed by atoms with Crippen LogP contribution in [0.4, 0.5) is 10.5 Å². The van der Waals surface area contributed by atoms with Gasteiger partial charge in [0.1, 0.15) is 18.1 Å². The maximum atomic E-state index is 12.4. The number of rotatable bonds is 12. The van der Waals surface area contributed by atoms with Crippen LogP contribution in [0.25, 0.3) is 11.3 Å². The number of nitrogens with zero attached hydrogens (tertiary/aromatic N) is 2. The lowest BCUT2D eigenvalue weighted by atomic mass is 9.95. The predicted octanol–water partition coefficient (Wildman–Crippen LogP) is 3.68. The molecule has 0 bridgehead atoms. The maximum absolute atomic E-state index is 12.4. The SMILES string of the molecule is CCOc1cc([C@@H]2NC(=O)NC(C)=C2C(=O)OC)ccc1OC[C@H](O)N/N=C\c1ccc(-c2cc([N+](=O)[O-])ccc2C)o1. The number of nitrogens with one attached hydrogen (secondary N) is 3. The monoisotopic (exact) mass is 593 g/mol. The summed E-state index contributed by atoms with van der Waals surface area (Å²) in [5, 5.41) is 30.7. The van der Waals surface area contributed by atoms with E-state index in [2.05, 4.69) is 21.2 Å². The lowest BCUT2D eigenvalue weighted by Gasteiger charge is -2.28. The number of allylic oxidation sites excluding steroid dienone is 1. The van der Waals surface area contributed by atoms with Crippen molar-refractivity contribution in [3.05, 3.63) is 86.8 Å². The van der Waals surface area contributed by atoms with Crippen LogP contribution in [-0.2, 0) is 9.53 Å². The van der Waals surface area contributed by atoms with Crippen LogP contribution in [0.5, 0.6) is 11.5 Å². The van der Waals surface area contributed by atoms with Crippen molar-refractivity contribution in [2.45, 2.75) is 33.0 Å². The fraction of sp³-hybridized carbons (Fsp3) is 0.276. The van der Waals surface area contributed by atoms with Gasteiger partial charge in [-0.05, 0) is 56.2 Å². The van der Waals surface area contributed by atoms with E-state index in [1.807, 2.05) is 6.92 Å². The number of nitro groups is 1. The molecule has 0 spiro atoms. The van der Waals surface area contributed by atoms with Gasteiger partial charge in [0, 0.05) is 23.4 Å². The van der Waals surface area contributed by atoms with Crippen LogP contribution in [0.3, 0.4) is 0 Å². The van der Waals surface area contributed by atoms with Gasteiger partial charge in [-0.25, -0.2) is 9.59 Å². The molecule has 1 aromatic heterocycles. The minimum atomic E-state index is -1.21. The third-order valence-corrected chi connectivity index (χ3v) is 6.41. The molecule has 3 aromatic rings. The third-order valence-electron chi connectivity index (χ3n) is 6.41. The largest absolute Gasteiger partial charge is 0.490 e. The van der Waals surface area contributed by atoms with Gasteiger partial charge in [-0.15, -0.1) is 0 Å². The third kappa shape index (κ3) is 7.29. The number of benzene rings is 2. The van der Waals surface area contributed by atoms with Gasteiger partial charge in [0.2, 0.25) is 0 Å². The Bertz CT molecular complexity index is 1580. The molecule has 14 heteroatoms. The van der Waals surface area contributed by atoms with Gasteiger partial charge in [0.15, 0.2) is 17.7 Å². The molecule has 1 aliphatic heterocycles. The minimum Gasteiger partial charge on any atom is -0.490 e. The van der Waals surface area contributed by atoms with Gasteiger partial charge in [-0.3, -0.25) is 15.5 Å². The summed E-state index contributed by atoms with van der Waals surface area (Å²) in [7, 11) is 1.26. The second-order valence-corrected chi connectivity index (χ2v) is 9.37. The molecule has 226 valence electrons. The number of hydrogen-bond acceptors (Lipinski definition) is 11. The van der Waals surface area contributed by atoms with Crippen LogP contribution in [0, 0.1) is 17.0 Å². The molecule has 0 unspecified atom stereocenters. The van der Waals surface area contributed by atoms with Gasteiger partial charge < -0.3 is 34.4 Å². The molecule has 0 fully saturated rings. The summed E-state index contributed by atoms with van der Waals surface area (Å²) >= 11 is 0. The number of carbonyl (C=O) groups is 2. The Hall–Kier alpha value is -5.37. The van der Waals surface area contributed by atoms with Crippen LogP contribution in [0.2, 0.25) is 0 Å². The van der Waals surface area contributed by atoms with Gasteiger partial charge in [0.05, 0.1) is 36.5 Å². The number of amides is 2. The number of esters is 1. The Morgan fingerprint density at radius 2 is 1.98 bits per heavy atom. The van der Waals surface area contributed by atoms with Crippen molar-refractivity contribution in [2.24, 2.45) is 5.10 Å². The van der Waals surface area contributed by atoms with E-state index in [1.54, 1.807) is 50.2 Å². The first-order valence-corrected chi connectivity index (χ1v) is 13.2. The molecule has 14 nitrogen and oxygen atoms in total. The van der Waals surface area contributed by atoms with E-state index >= 15 is 0 Å². The van der Waals surface area contributed by atoms with E-state index in [0.29, 0.717) is 46.5 Å². The van der Waals surface area contributed by atoms with E-state index in [9.17, 15) is 24.8 Å². The fourth-order valence-corrected chi connectivity index (χ4v) is 4.37. The second-order valence-electron chi connectivity index (χ2n) is 9.37. The average molecular weight is 594 g/mol. The van der Waals surface area contributed by atoms with E-state index in [4.69, 9.17) is 18.6 Å². The number of urea groups is 1. The molecule has 0 radical (unpaired) electrons. The molecular formula is C29H31N5O9. The first-order chi connectivity index (χ1) is 20.6. The Kier molecular flexibility index (Phi) is 9.62. The summed E-state index contributed by atoms with van der Waals surface area (Å²) in [6.45, 7) is 5.32. The van der Waals surface area contributed by atoms with Crippen molar-refractivity contribution < 1.29 is 38.2 Å². The number of carbonyl (C=O) groups excluding carboxylic acids is 2. The quantitative estimate of drug-likeness (QED) is 0.0793. The molecule has 2 heterocycles. The van der Waals surface area contributed by atoms with Gasteiger partial charge in [0.25, 0.3) is 5.69 Å². The molecular weight excluding hydrogens is 562 g/mol. The molecule has 0 saturated heterocycles. The smallest absolute Gasteiger partial charge is 0.337 e. The second kappa shape index (κ2) is 13.5. The van der Waals surface area contributed by atoms with E-state index in [1.165, 1.54) is 25.5 Å². The molecule has 0 saturated carbocycles. The Morgan fingerprint density at radius 3 is 2.70 bits per heavy atom. The number of ether oxygens (including phenoxy) is 3. The molecule has 0 aliphatic carbocycles. The predicted molar refractivity (Wildman–Crippen MR) is 155 cm³/mol. The summed E-state index contributed by atoms with van der Waals surface area (Å²) in [6, 6.07) is 11.5. The maximum Gasteiger partial charge on any atom is 0.337 e. The Labute approximate surface area is 246 Å². The first kappa shape index (κ1) is 30.6. The number of non-ortho nitro benzene ring substituents is 1. The minimum absolute atomic E-state index is 0.0462. The summed E-state index contributed by atoms with van der Waals surface area (Å²) in [4.78, 5) is 35.2. The molecule has 2 atom stereocenters. The molecule has 2 amide bonds. The van der Waals surface area contributed by atoms with Crippen LogP contribution in [0.15, 0.2) is 69.3 Å². The zero-order valence-corrected chi connectivity index (χ0v) is 23.9. The summed E-state index contributed by atoms with van der Waals surface area (Å²) in [5.74, 6) is 0.861. The van der Waals surface area contributed by atoms with Crippen molar-refractivity contribution in [3.63, 3.8) is 0 Å². The van der Waals surface area contributed by atoms with Crippen molar-refractivity contribution >= 4 is 23.9 Å². The molecule has 2 aromatic carbocycles. The number of furan rings is 1. The van der Waals surface area contributed by atoms with Crippen LogP contribution in [0.1, 0.15) is 36.8 Å². The number of hydrazone groups is 1. The van der Waals surface area contributed by atoms with Crippen molar-refractivity contribution in [3.8, 4) is 22.8 Å². The first-order valence-electron chi connectivity index (χ1n) is 13.2. The normalized spacial score (nSPS) is 15.5. The lowest BCUT2D eigenvalue weighted by molar-refractivity contribution is -0.384. The van der Waals surface area contributed by atoms with Gasteiger partial charge >= 0.3 is 12.0 Å². The standard InChI is InChI=1S/C29H31N5O9/c1-5-41-24-12-18(27-26(28(36)40-4)17(3)31-29(37)32-27)7-10-23(24)42-15-25(35)33-30-14-20-9-11-22(43-20)21-13-19(34(38)39)8-6-16(21)2/h6-14,25,27,33,35H,5,15H2,1-4H3,(H2,31,32,37)/b30-14-/t25-,27-/m0/s1. The summed E-state index contributed by atoms with van der Waals surface area (Å²) in [5.41, 5.74) is 5.07. The van der Waals surface area contributed by atoms with Crippen molar-refractivity contribution in [2.75, 3.05) is 20.3 Å². The van der Waals surface area contributed by atoms with E-state index in [-0.39, 0.29) is 17.9 Å². The molecule has 43 heavy (non-hydrogen) atoms. The van der Waals surface area contributed by atoms with Gasteiger partial charge in [-0.2, -0.15) is 5.10 Å².